The summed E-state index contributed by atoms with van der Waals surface area (Å²) in [5.41, 5.74) is 0.878. The lowest BCUT2D eigenvalue weighted by molar-refractivity contribution is -0.136. The van der Waals surface area contributed by atoms with Gasteiger partial charge in [0.1, 0.15) is 0 Å². The van der Waals surface area contributed by atoms with E-state index in [1.54, 1.807) is 12.1 Å². The fraction of sp³-hybridized carbons (Fsp3) is 0.500. The van der Waals surface area contributed by atoms with E-state index < -0.39 is 0 Å². The van der Waals surface area contributed by atoms with Gasteiger partial charge in [0.2, 0.25) is 17.6 Å². The number of hydrogen-bond donors (Lipinski definition) is 0. The van der Waals surface area contributed by atoms with E-state index >= 15 is 0 Å². The summed E-state index contributed by atoms with van der Waals surface area (Å²) in [6.07, 6.45) is 0.883. The molecular formula is C18H23ClN4O2. The number of halogens is 1. The topological polar surface area (TPSA) is 62.5 Å². The minimum Gasteiger partial charge on any atom is -0.340 e. The van der Waals surface area contributed by atoms with Crippen LogP contribution < -0.4 is 0 Å². The van der Waals surface area contributed by atoms with Crippen molar-refractivity contribution in [2.75, 3.05) is 26.2 Å². The normalized spacial score (nSPS) is 16.8. The van der Waals surface area contributed by atoms with Gasteiger partial charge in [-0.25, -0.2) is 0 Å². The number of nitrogens with zero attached hydrogens (tertiary/aromatic N) is 4. The number of amides is 1. The first kappa shape index (κ1) is 17.9. The van der Waals surface area contributed by atoms with Crippen LogP contribution in [0.5, 0.6) is 0 Å². The van der Waals surface area contributed by atoms with Crippen molar-refractivity contribution in [2.45, 2.75) is 26.8 Å². The van der Waals surface area contributed by atoms with Gasteiger partial charge in [0.25, 0.3) is 0 Å². The van der Waals surface area contributed by atoms with Gasteiger partial charge < -0.3 is 9.42 Å². The van der Waals surface area contributed by atoms with Gasteiger partial charge in [0.15, 0.2) is 0 Å². The zero-order valence-corrected chi connectivity index (χ0v) is 15.4. The molecule has 1 amide bonds. The summed E-state index contributed by atoms with van der Waals surface area (Å²) in [6, 6.07) is 7.35. The lowest BCUT2D eigenvalue weighted by Gasteiger charge is -2.35. The van der Waals surface area contributed by atoms with Crippen LogP contribution >= 0.6 is 11.6 Å². The number of carbonyl (C=O) groups is 1. The van der Waals surface area contributed by atoms with Crippen LogP contribution in [-0.2, 0) is 11.3 Å². The standard InChI is InChI=1S/C18H23ClN4O2/c1-3-13(2)18(24)23-10-8-22(9-11-23)12-16-20-17(21-25-16)14-4-6-15(19)7-5-14/h4-7,13H,3,8-12H2,1-2H3/t13-/m0/s1. The summed E-state index contributed by atoms with van der Waals surface area (Å²) in [4.78, 5) is 20.9. The van der Waals surface area contributed by atoms with Gasteiger partial charge in [-0.2, -0.15) is 4.98 Å². The SMILES string of the molecule is CC[C@H](C)C(=O)N1CCN(Cc2nc(-c3ccc(Cl)cc3)no2)CC1. The third kappa shape index (κ3) is 4.38. The molecule has 0 saturated carbocycles. The van der Waals surface area contributed by atoms with Crippen molar-refractivity contribution in [3.05, 3.63) is 35.2 Å². The van der Waals surface area contributed by atoms with Gasteiger partial charge in [0, 0.05) is 42.7 Å². The summed E-state index contributed by atoms with van der Waals surface area (Å²) >= 11 is 5.90. The first-order valence-corrected chi connectivity index (χ1v) is 9.04. The Hall–Kier alpha value is -1.92. The highest BCUT2D eigenvalue weighted by Crippen LogP contribution is 2.19. The van der Waals surface area contributed by atoms with E-state index in [1.165, 1.54) is 0 Å². The molecule has 0 aliphatic carbocycles. The van der Waals surface area contributed by atoms with Gasteiger partial charge in [-0.1, -0.05) is 30.6 Å². The molecule has 0 N–H and O–H groups in total. The van der Waals surface area contributed by atoms with E-state index in [0.29, 0.717) is 23.3 Å². The Morgan fingerprint density at radius 3 is 2.56 bits per heavy atom. The van der Waals surface area contributed by atoms with Crippen LogP contribution in [0.15, 0.2) is 28.8 Å². The fourth-order valence-electron chi connectivity index (χ4n) is 2.84. The van der Waals surface area contributed by atoms with E-state index in [0.717, 1.165) is 38.2 Å². The average Bonchev–Trinajstić information content (AvgIpc) is 3.10. The lowest BCUT2D eigenvalue weighted by Crippen LogP contribution is -2.49. The molecule has 1 atom stereocenters. The molecule has 1 fully saturated rings. The summed E-state index contributed by atoms with van der Waals surface area (Å²) in [5, 5.41) is 4.72. The van der Waals surface area contributed by atoms with Crippen LogP contribution in [0.3, 0.4) is 0 Å². The summed E-state index contributed by atoms with van der Waals surface area (Å²) in [6.45, 7) is 7.79. The van der Waals surface area contributed by atoms with E-state index in [-0.39, 0.29) is 11.8 Å². The monoisotopic (exact) mass is 362 g/mol. The van der Waals surface area contributed by atoms with Crippen molar-refractivity contribution in [3.8, 4) is 11.4 Å². The quantitative estimate of drug-likeness (QED) is 0.817. The van der Waals surface area contributed by atoms with E-state index in [4.69, 9.17) is 16.1 Å². The minimum absolute atomic E-state index is 0.101. The highest BCUT2D eigenvalue weighted by molar-refractivity contribution is 6.30. The molecule has 1 aromatic carbocycles. The second-order valence-corrected chi connectivity index (χ2v) is 6.87. The maximum atomic E-state index is 12.2. The molecule has 0 radical (unpaired) electrons. The summed E-state index contributed by atoms with van der Waals surface area (Å²) in [5.74, 6) is 1.51. The summed E-state index contributed by atoms with van der Waals surface area (Å²) < 4.78 is 5.37. The third-order valence-corrected chi connectivity index (χ3v) is 4.90. The van der Waals surface area contributed by atoms with Crippen molar-refractivity contribution >= 4 is 17.5 Å². The number of carbonyl (C=O) groups excluding carboxylic acids is 1. The Morgan fingerprint density at radius 2 is 1.92 bits per heavy atom. The second-order valence-electron chi connectivity index (χ2n) is 6.43. The van der Waals surface area contributed by atoms with Crippen LogP contribution in [-0.4, -0.2) is 52.0 Å². The average molecular weight is 363 g/mol. The molecule has 25 heavy (non-hydrogen) atoms. The first-order valence-electron chi connectivity index (χ1n) is 8.66. The van der Waals surface area contributed by atoms with Crippen molar-refractivity contribution in [1.82, 2.24) is 19.9 Å². The predicted octanol–water partition coefficient (Wildman–Crippen LogP) is 3.08. The number of hydrogen-bond acceptors (Lipinski definition) is 5. The zero-order chi connectivity index (χ0) is 17.8. The maximum Gasteiger partial charge on any atom is 0.241 e. The minimum atomic E-state index is 0.101. The lowest BCUT2D eigenvalue weighted by atomic mass is 10.1. The van der Waals surface area contributed by atoms with Crippen LogP contribution in [0.4, 0.5) is 0 Å². The predicted molar refractivity (Wildman–Crippen MR) is 96.1 cm³/mol. The highest BCUT2D eigenvalue weighted by Gasteiger charge is 2.25. The van der Waals surface area contributed by atoms with Crippen LogP contribution in [0, 0.1) is 5.92 Å². The number of benzene rings is 1. The molecule has 7 heteroatoms. The second kappa shape index (κ2) is 7.97. The Bertz CT molecular complexity index is 708. The Labute approximate surface area is 152 Å². The van der Waals surface area contributed by atoms with Crippen molar-refractivity contribution < 1.29 is 9.32 Å². The molecule has 134 valence electrons. The van der Waals surface area contributed by atoms with Gasteiger partial charge in [0.05, 0.1) is 6.54 Å². The van der Waals surface area contributed by atoms with E-state index in [2.05, 4.69) is 15.0 Å². The Morgan fingerprint density at radius 1 is 1.24 bits per heavy atom. The Kier molecular flexibility index (Phi) is 5.71. The van der Waals surface area contributed by atoms with Crippen molar-refractivity contribution in [2.24, 2.45) is 5.92 Å². The van der Waals surface area contributed by atoms with Crippen LogP contribution in [0.25, 0.3) is 11.4 Å². The third-order valence-electron chi connectivity index (χ3n) is 4.65. The van der Waals surface area contributed by atoms with E-state index in [9.17, 15) is 4.79 Å². The molecule has 6 nitrogen and oxygen atoms in total. The molecule has 1 saturated heterocycles. The number of piperazine rings is 1. The molecule has 0 unspecified atom stereocenters. The van der Waals surface area contributed by atoms with Gasteiger partial charge in [-0.15, -0.1) is 0 Å². The molecule has 0 bridgehead atoms. The van der Waals surface area contributed by atoms with Crippen molar-refractivity contribution in [1.29, 1.82) is 0 Å². The molecular weight excluding hydrogens is 340 g/mol. The largest absolute Gasteiger partial charge is 0.340 e. The van der Waals surface area contributed by atoms with Crippen LogP contribution in [0.1, 0.15) is 26.2 Å². The molecule has 2 heterocycles. The number of rotatable bonds is 5. The van der Waals surface area contributed by atoms with Crippen molar-refractivity contribution in [3.63, 3.8) is 0 Å². The van der Waals surface area contributed by atoms with Gasteiger partial charge >= 0.3 is 0 Å². The number of aromatic nitrogens is 2. The fourth-order valence-corrected chi connectivity index (χ4v) is 2.97. The zero-order valence-electron chi connectivity index (χ0n) is 14.6. The smallest absolute Gasteiger partial charge is 0.241 e. The molecule has 2 aromatic rings. The van der Waals surface area contributed by atoms with E-state index in [1.807, 2.05) is 30.9 Å². The molecule has 1 aliphatic heterocycles. The van der Waals surface area contributed by atoms with Gasteiger partial charge in [-0.3, -0.25) is 9.69 Å². The maximum absolute atomic E-state index is 12.2. The van der Waals surface area contributed by atoms with Gasteiger partial charge in [-0.05, 0) is 30.7 Å². The first-order chi connectivity index (χ1) is 12.1. The van der Waals surface area contributed by atoms with Crippen LogP contribution in [0.2, 0.25) is 5.02 Å². The molecule has 1 aliphatic rings. The molecule has 1 aromatic heterocycles. The Balaban J connectivity index is 1.54. The summed E-state index contributed by atoms with van der Waals surface area (Å²) in [7, 11) is 0. The molecule has 3 rings (SSSR count). The molecule has 0 spiro atoms. The highest BCUT2D eigenvalue weighted by atomic mass is 35.5.